The summed E-state index contributed by atoms with van der Waals surface area (Å²) >= 11 is 0. The molecule has 0 fully saturated rings. The molecule has 1 aliphatic rings. The third-order valence-corrected chi connectivity index (χ3v) is 17.1. The van der Waals surface area contributed by atoms with Crippen molar-refractivity contribution in [3.63, 3.8) is 0 Å². The molecule has 384 valence electrons. The van der Waals surface area contributed by atoms with E-state index in [-0.39, 0.29) is 0 Å². The zero-order chi connectivity index (χ0) is 54.1. The molecule has 0 radical (unpaired) electrons. The second kappa shape index (κ2) is 19.3. The number of furan rings is 1. The number of aromatic nitrogens is 1. The smallest absolute Gasteiger partial charge is 0.137 e. The molecule has 82 heavy (non-hydrogen) atoms. The van der Waals surface area contributed by atoms with Crippen LogP contribution < -0.4 is 4.90 Å². The van der Waals surface area contributed by atoms with Gasteiger partial charge in [-0.2, -0.15) is 0 Å². The molecule has 0 saturated carbocycles. The summed E-state index contributed by atoms with van der Waals surface area (Å²) in [6.07, 6.45) is 0. The summed E-state index contributed by atoms with van der Waals surface area (Å²) in [7, 11) is 0. The van der Waals surface area contributed by atoms with E-state index >= 15 is 0 Å². The Kier molecular flexibility index (Phi) is 11.1. The molecular weight excluding hydrogens is 993 g/mol. The third-order valence-electron chi connectivity index (χ3n) is 17.1. The SMILES string of the molecule is c1ccc(-c2ccc3c(c2)C(c2ccccc2)(c2ccccc2)c2cc(-c4ccc(N(c5ccccc5-c5ccccc5)c5cccc6oc7ccc(-c8ccc9c(c8)c8ccccc8n9-c8ccccc8)cc7c56)cc4)ccc2-3)cc1. The highest BCUT2D eigenvalue weighted by Gasteiger charge is 2.46. The highest BCUT2D eigenvalue weighted by Crippen LogP contribution is 2.58. The van der Waals surface area contributed by atoms with Crippen molar-refractivity contribution in [2.45, 2.75) is 5.41 Å². The van der Waals surface area contributed by atoms with Crippen LogP contribution in [0.3, 0.4) is 0 Å². The molecule has 0 N–H and O–H groups in total. The van der Waals surface area contributed by atoms with Gasteiger partial charge in [-0.1, -0.05) is 231 Å². The first kappa shape index (κ1) is 47.3. The summed E-state index contributed by atoms with van der Waals surface area (Å²) in [5.74, 6) is 0. The average molecular weight is 1050 g/mol. The van der Waals surface area contributed by atoms with Crippen LogP contribution in [0, 0.1) is 0 Å². The van der Waals surface area contributed by atoms with Crippen LogP contribution >= 0.6 is 0 Å². The van der Waals surface area contributed by atoms with E-state index in [1.165, 1.54) is 66.3 Å². The van der Waals surface area contributed by atoms with Crippen LogP contribution in [0.25, 0.3) is 105 Å². The van der Waals surface area contributed by atoms with Gasteiger partial charge in [0.15, 0.2) is 0 Å². The Morgan fingerprint density at radius 1 is 0.293 bits per heavy atom. The predicted molar refractivity (Wildman–Crippen MR) is 342 cm³/mol. The quantitative estimate of drug-likeness (QED) is 0.136. The topological polar surface area (TPSA) is 21.3 Å². The Morgan fingerprint density at radius 2 is 0.780 bits per heavy atom. The molecule has 2 aromatic heterocycles. The number of nitrogens with zero attached hydrogens (tertiary/aromatic N) is 2. The van der Waals surface area contributed by atoms with E-state index in [9.17, 15) is 0 Å². The zero-order valence-corrected chi connectivity index (χ0v) is 44.8. The molecule has 2 heterocycles. The van der Waals surface area contributed by atoms with Gasteiger partial charge < -0.3 is 13.9 Å². The summed E-state index contributed by atoms with van der Waals surface area (Å²) in [6, 6.07) is 115. The first-order chi connectivity index (χ1) is 40.7. The number of anilines is 3. The number of hydrogen-bond acceptors (Lipinski definition) is 2. The fraction of sp³-hybridized carbons (Fsp3) is 0.0127. The molecule has 0 atom stereocenters. The van der Waals surface area contributed by atoms with Crippen molar-refractivity contribution in [3.8, 4) is 61.3 Å². The molecule has 0 bridgehead atoms. The van der Waals surface area contributed by atoms with Crippen molar-refractivity contribution in [2.75, 3.05) is 4.90 Å². The molecule has 0 amide bonds. The lowest BCUT2D eigenvalue weighted by Gasteiger charge is -2.34. The van der Waals surface area contributed by atoms with Crippen molar-refractivity contribution in [3.05, 3.63) is 338 Å². The van der Waals surface area contributed by atoms with E-state index in [1.54, 1.807) is 0 Å². The average Bonchev–Trinajstić information content (AvgIpc) is 4.18. The summed E-state index contributed by atoms with van der Waals surface area (Å²) in [4.78, 5) is 2.43. The van der Waals surface area contributed by atoms with Gasteiger partial charge >= 0.3 is 0 Å². The van der Waals surface area contributed by atoms with E-state index < -0.39 is 5.41 Å². The van der Waals surface area contributed by atoms with Crippen molar-refractivity contribution in [2.24, 2.45) is 0 Å². The number of hydrogen-bond donors (Lipinski definition) is 0. The fourth-order valence-electron chi connectivity index (χ4n) is 13.4. The molecule has 13 aromatic carbocycles. The van der Waals surface area contributed by atoms with Gasteiger partial charge in [0, 0.05) is 33.1 Å². The van der Waals surface area contributed by atoms with E-state index in [0.717, 1.165) is 78.1 Å². The normalized spacial score (nSPS) is 12.5. The summed E-state index contributed by atoms with van der Waals surface area (Å²) in [6.45, 7) is 0. The standard InChI is InChI=1S/C79H52N2O/c1-6-21-53(22-7-1)58-39-45-65-66-46-40-59(52-71(66)79(70(65)51-58,60-25-10-3-11-26-60)61-27-12-4-13-28-61)54-37-43-63(44-38-54)81(72-33-18-16-31-64(72)55-23-8-2-9-24-55)75-35-20-36-77-78(75)69-50-57(42-48-76(69)82-77)56-41-47-74-68(49-56)67-32-17-19-34-73(67)80(74)62-29-14-5-15-30-62/h1-52H. The van der Waals surface area contributed by atoms with Gasteiger partial charge in [-0.25, -0.2) is 0 Å². The molecule has 3 nitrogen and oxygen atoms in total. The van der Waals surface area contributed by atoms with Crippen LogP contribution in [0.2, 0.25) is 0 Å². The van der Waals surface area contributed by atoms with Crippen LogP contribution in [-0.2, 0) is 5.41 Å². The lowest BCUT2D eigenvalue weighted by Crippen LogP contribution is -2.28. The Labute approximate surface area is 476 Å². The monoisotopic (exact) mass is 1040 g/mol. The Hall–Kier alpha value is -10.7. The highest BCUT2D eigenvalue weighted by molar-refractivity contribution is 6.15. The zero-order valence-electron chi connectivity index (χ0n) is 44.8. The molecule has 0 spiro atoms. The van der Waals surface area contributed by atoms with Gasteiger partial charge in [0.1, 0.15) is 11.2 Å². The van der Waals surface area contributed by atoms with Gasteiger partial charge in [0.05, 0.1) is 33.2 Å². The first-order valence-electron chi connectivity index (χ1n) is 28.2. The van der Waals surface area contributed by atoms with Crippen molar-refractivity contribution < 1.29 is 4.42 Å². The second-order valence-corrected chi connectivity index (χ2v) is 21.5. The van der Waals surface area contributed by atoms with Crippen LogP contribution in [0.15, 0.2) is 320 Å². The molecule has 0 saturated heterocycles. The minimum absolute atomic E-state index is 0.562. The highest BCUT2D eigenvalue weighted by atomic mass is 16.3. The minimum atomic E-state index is -0.562. The van der Waals surface area contributed by atoms with Crippen LogP contribution in [-0.4, -0.2) is 4.57 Å². The molecule has 15 aromatic rings. The van der Waals surface area contributed by atoms with Crippen LogP contribution in [0.5, 0.6) is 0 Å². The Morgan fingerprint density at radius 3 is 1.45 bits per heavy atom. The summed E-state index contributed by atoms with van der Waals surface area (Å²) < 4.78 is 9.19. The Bertz CT molecular complexity index is 4850. The van der Waals surface area contributed by atoms with E-state index in [2.05, 4.69) is 325 Å². The minimum Gasteiger partial charge on any atom is -0.456 e. The predicted octanol–water partition coefficient (Wildman–Crippen LogP) is 21.2. The van der Waals surface area contributed by atoms with E-state index in [0.29, 0.717) is 0 Å². The number of fused-ring (bicyclic) bond motifs is 9. The first-order valence-corrected chi connectivity index (χ1v) is 28.2. The maximum atomic E-state index is 6.82. The van der Waals surface area contributed by atoms with Crippen LogP contribution in [0.1, 0.15) is 22.3 Å². The van der Waals surface area contributed by atoms with E-state index in [4.69, 9.17) is 4.42 Å². The van der Waals surface area contributed by atoms with Crippen molar-refractivity contribution in [1.29, 1.82) is 0 Å². The van der Waals surface area contributed by atoms with Crippen LogP contribution in [0.4, 0.5) is 17.1 Å². The lowest BCUT2D eigenvalue weighted by molar-refractivity contribution is 0.669. The van der Waals surface area contributed by atoms with Gasteiger partial charge in [-0.15, -0.1) is 0 Å². The molecule has 0 aliphatic heterocycles. The molecule has 1 aliphatic carbocycles. The number of para-hydroxylation sites is 3. The van der Waals surface area contributed by atoms with E-state index in [1.807, 2.05) is 0 Å². The van der Waals surface area contributed by atoms with Crippen molar-refractivity contribution in [1.82, 2.24) is 4.57 Å². The number of benzene rings is 13. The second-order valence-electron chi connectivity index (χ2n) is 21.5. The molecular formula is C79H52N2O. The van der Waals surface area contributed by atoms with Gasteiger partial charge in [0.25, 0.3) is 0 Å². The third kappa shape index (κ3) is 7.51. The Balaban J connectivity index is 0.850. The molecule has 0 unspecified atom stereocenters. The van der Waals surface area contributed by atoms with Crippen molar-refractivity contribution >= 4 is 60.8 Å². The largest absolute Gasteiger partial charge is 0.456 e. The number of rotatable bonds is 10. The summed E-state index contributed by atoms with van der Waals surface area (Å²) in [5, 5.41) is 4.56. The summed E-state index contributed by atoms with van der Waals surface area (Å²) in [5.41, 5.74) is 24.6. The molecule has 16 rings (SSSR count). The van der Waals surface area contributed by atoms with Gasteiger partial charge in [-0.05, 0) is 157 Å². The fourth-order valence-corrected chi connectivity index (χ4v) is 13.4. The van der Waals surface area contributed by atoms with Gasteiger partial charge in [-0.3, -0.25) is 0 Å². The lowest BCUT2D eigenvalue weighted by atomic mass is 9.67. The van der Waals surface area contributed by atoms with Gasteiger partial charge in [0.2, 0.25) is 0 Å². The molecule has 3 heteroatoms. The maximum absolute atomic E-state index is 6.82. The maximum Gasteiger partial charge on any atom is 0.137 e.